The molecule has 0 aliphatic rings. The third-order valence-electron chi connectivity index (χ3n) is 2.84. The van der Waals surface area contributed by atoms with Crippen molar-refractivity contribution >= 4 is 17.9 Å². The lowest BCUT2D eigenvalue weighted by atomic mass is 10.2. The summed E-state index contributed by atoms with van der Waals surface area (Å²) in [7, 11) is 0. The molecule has 0 atom stereocenters. The predicted octanol–water partition coefficient (Wildman–Crippen LogP) is 3.70. The van der Waals surface area contributed by atoms with Crippen molar-refractivity contribution in [2.24, 2.45) is 0 Å². The molecule has 2 rings (SSSR count). The number of halogens is 4. The average Bonchev–Trinajstić information content (AvgIpc) is 2.74. The first-order valence-electron chi connectivity index (χ1n) is 6.14. The lowest BCUT2D eigenvalue weighted by Crippen LogP contribution is -2.07. The number of hydrogen-bond acceptors (Lipinski definition) is 3. The minimum absolute atomic E-state index is 0.0423. The van der Waals surface area contributed by atoms with Gasteiger partial charge in [0, 0.05) is 6.20 Å². The molecule has 0 aliphatic heterocycles. The first-order valence-corrected chi connectivity index (χ1v) is 6.52. The molecule has 4 nitrogen and oxygen atoms in total. The number of rotatable bonds is 4. The highest BCUT2D eigenvalue weighted by molar-refractivity contribution is 6.32. The molecule has 112 valence electrons. The average molecular weight is 318 g/mol. The lowest BCUT2D eigenvalue weighted by molar-refractivity contribution is -0.137. The van der Waals surface area contributed by atoms with Crippen molar-refractivity contribution in [3.05, 3.63) is 40.3 Å². The van der Waals surface area contributed by atoms with Crippen molar-refractivity contribution in [1.82, 2.24) is 14.8 Å². The second-order valence-electron chi connectivity index (χ2n) is 4.33. The van der Waals surface area contributed by atoms with Crippen molar-refractivity contribution in [2.75, 3.05) is 0 Å². The number of hydrogen-bond donors (Lipinski definition) is 0. The monoisotopic (exact) mass is 317 g/mol. The Balaban J connectivity index is 2.45. The van der Waals surface area contributed by atoms with Crippen LogP contribution in [0.15, 0.2) is 18.3 Å². The van der Waals surface area contributed by atoms with Crippen LogP contribution >= 0.6 is 11.6 Å². The molecule has 0 saturated carbocycles. The van der Waals surface area contributed by atoms with Crippen LogP contribution in [0.25, 0.3) is 5.82 Å². The normalized spacial score (nSPS) is 11.7. The number of pyridine rings is 1. The Bertz CT molecular complexity index is 650. The molecule has 0 fully saturated rings. The van der Waals surface area contributed by atoms with Crippen molar-refractivity contribution in [3.63, 3.8) is 0 Å². The first-order chi connectivity index (χ1) is 9.88. The van der Waals surface area contributed by atoms with Crippen LogP contribution in [0.3, 0.4) is 0 Å². The minimum Gasteiger partial charge on any atom is -0.298 e. The number of aldehydes is 1. The molecule has 2 aromatic rings. The van der Waals surface area contributed by atoms with Crippen LogP contribution < -0.4 is 0 Å². The largest absolute Gasteiger partial charge is 0.417 e. The van der Waals surface area contributed by atoms with Gasteiger partial charge in [-0.15, -0.1) is 0 Å². The summed E-state index contributed by atoms with van der Waals surface area (Å²) < 4.78 is 38.6. The predicted molar refractivity (Wildman–Crippen MR) is 70.8 cm³/mol. The van der Waals surface area contributed by atoms with E-state index in [1.807, 2.05) is 6.92 Å². The number of carbonyl (C=O) groups excluding carboxylic acids is 1. The molecule has 0 spiro atoms. The molecular formula is C13H11ClF3N3O. The molecule has 0 saturated heterocycles. The second kappa shape index (κ2) is 5.85. The SMILES string of the molecule is CCCc1nn(-c2ccc(C(F)(F)F)cn2)c(Cl)c1C=O. The summed E-state index contributed by atoms with van der Waals surface area (Å²) in [5, 5.41) is 4.18. The molecular weight excluding hydrogens is 307 g/mol. The topological polar surface area (TPSA) is 47.8 Å². The summed E-state index contributed by atoms with van der Waals surface area (Å²) in [6.07, 6.45) is -1.87. The second-order valence-corrected chi connectivity index (χ2v) is 4.69. The van der Waals surface area contributed by atoms with E-state index in [0.29, 0.717) is 24.6 Å². The van der Waals surface area contributed by atoms with Gasteiger partial charge in [0.2, 0.25) is 0 Å². The van der Waals surface area contributed by atoms with E-state index < -0.39 is 11.7 Å². The van der Waals surface area contributed by atoms with Gasteiger partial charge in [-0.25, -0.2) is 9.67 Å². The van der Waals surface area contributed by atoms with Crippen LogP contribution in [-0.2, 0) is 12.6 Å². The van der Waals surface area contributed by atoms with Crippen LogP contribution in [0.4, 0.5) is 13.2 Å². The maximum absolute atomic E-state index is 12.5. The fraction of sp³-hybridized carbons (Fsp3) is 0.308. The van der Waals surface area contributed by atoms with Gasteiger partial charge in [-0.05, 0) is 18.6 Å². The summed E-state index contributed by atoms with van der Waals surface area (Å²) in [4.78, 5) is 14.8. The highest BCUT2D eigenvalue weighted by Crippen LogP contribution is 2.29. The summed E-state index contributed by atoms with van der Waals surface area (Å²) in [5.41, 5.74) is -0.127. The summed E-state index contributed by atoms with van der Waals surface area (Å²) in [6, 6.07) is 2.05. The van der Waals surface area contributed by atoms with Gasteiger partial charge in [0.05, 0.1) is 16.8 Å². The zero-order chi connectivity index (χ0) is 15.6. The highest BCUT2D eigenvalue weighted by atomic mass is 35.5. The maximum atomic E-state index is 12.5. The van der Waals surface area contributed by atoms with E-state index in [9.17, 15) is 18.0 Å². The van der Waals surface area contributed by atoms with Gasteiger partial charge < -0.3 is 0 Å². The molecule has 0 aromatic carbocycles. The highest BCUT2D eigenvalue weighted by Gasteiger charge is 2.31. The van der Waals surface area contributed by atoms with Crippen molar-refractivity contribution in [3.8, 4) is 5.82 Å². The first kappa shape index (κ1) is 15.5. The summed E-state index contributed by atoms with van der Waals surface area (Å²) in [6.45, 7) is 1.91. The van der Waals surface area contributed by atoms with Gasteiger partial charge in [0.15, 0.2) is 12.1 Å². The van der Waals surface area contributed by atoms with Gasteiger partial charge in [-0.2, -0.15) is 18.3 Å². The Morgan fingerprint density at radius 1 is 1.38 bits per heavy atom. The molecule has 0 amide bonds. The van der Waals surface area contributed by atoms with Gasteiger partial charge in [-0.3, -0.25) is 4.79 Å². The zero-order valence-corrected chi connectivity index (χ0v) is 11.7. The number of nitrogens with zero attached hydrogens (tertiary/aromatic N) is 3. The Morgan fingerprint density at radius 2 is 2.10 bits per heavy atom. The van der Waals surface area contributed by atoms with Gasteiger partial charge in [0.1, 0.15) is 5.15 Å². The van der Waals surface area contributed by atoms with Gasteiger partial charge in [0.25, 0.3) is 0 Å². The number of alkyl halides is 3. The van der Waals surface area contributed by atoms with Crippen molar-refractivity contribution < 1.29 is 18.0 Å². The fourth-order valence-corrected chi connectivity index (χ4v) is 2.10. The van der Waals surface area contributed by atoms with Crippen molar-refractivity contribution in [2.45, 2.75) is 25.9 Å². The number of aryl methyl sites for hydroxylation is 1. The Morgan fingerprint density at radius 3 is 2.57 bits per heavy atom. The van der Waals surface area contributed by atoms with Crippen LogP contribution in [-0.4, -0.2) is 21.1 Å². The smallest absolute Gasteiger partial charge is 0.298 e. The Labute approximate surface area is 123 Å². The van der Waals surface area contributed by atoms with E-state index in [0.717, 1.165) is 23.2 Å². The zero-order valence-electron chi connectivity index (χ0n) is 11.0. The van der Waals surface area contributed by atoms with Gasteiger partial charge in [-0.1, -0.05) is 24.9 Å². The van der Waals surface area contributed by atoms with Crippen LogP contribution in [0.5, 0.6) is 0 Å². The molecule has 0 unspecified atom stereocenters. The maximum Gasteiger partial charge on any atom is 0.417 e. The summed E-state index contributed by atoms with van der Waals surface area (Å²) in [5.74, 6) is 0.124. The van der Waals surface area contributed by atoms with Crippen LogP contribution in [0.2, 0.25) is 5.15 Å². The third kappa shape index (κ3) is 3.07. The third-order valence-corrected chi connectivity index (χ3v) is 3.20. The molecule has 0 radical (unpaired) electrons. The summed E-state index contributed by atoms with van der Waals surface area (Å²) >= 11 is 6.04. The molecule has 0 aliphatic carbocycles. The standard InChI is InChI=1S/C13H11ClF3N3O/c1-2-3-10-9(7-21)12(14)20(19-10)11-5-4-8(6-18-11)13(15,16)17/h4-7H,2-3H2,1H3. The fourth-order valence-electron chi connectivity index (χ4n) is 1.82. The van der Waals surface area contributed by atoms with E-state index in [1.54, 1.807) is 0 Å². The number of carbonyl (C=O) groups is 1. The van der Waals surface area contributed by atoms with Gasteiger partial charge >= 0.3 is 6.18 Å². The van der Waals surface area contributed by atoms with Crippen molar-refractivity contribution in [1.29, 1.82) is 0 Å². The molecule has 0 bridgehead atoms. The van der Waals surface area contributed by atoms with E-state index in [4.69, 9.17) is 11.6 Å². The van der Waals surface area contributed by atoms with E-state index >= 15 is 0 Å². The molecule has 8 heteroatoms. The molecule has 2 heterocycles. The number of aromatic nitrogens is 3. The molecule has 21 heavy (non-hydrogen) atoms. The Hall–Kier alpha value is -1.89. The Kier molecular flexibility index (Phi) is 4.32. The van der Waals surface area contributed by atoms with E-state index in [-0.39, 0.29) is 16.5 Å². The van der Waals surface area contributed by atoms with Crippen LogP contribution in [0.1, 0.15) is 35.0 Å². The van der Waals surface area contributed by atoms with E-state index in [1.165, 1.54) is 0 Å². The quantitative estimate of drug-likeness (QED) is 0.808. The molecule has 2 aromatic heterocycles. The molecule has 0 N–H and O–H groups in total. The minimum atomic E-state index is -4.46. The van der Waals surface area contributed by atoms with Crippen LogP contribution in [0, 0.1) is 0 Å². The van der Waals surface area contributed by atoms with E-state index in [2.05, 4.69) is 10.1 Å². The lowest BCUT2D eigenvalue weighted by Gasteiger charge is -2.07.